The molecule has 2 aromatic carbocycles. The van der Waals surface area contributed by atoms with Crippen molar-refractivity contribution in [2.75, 3.05) is 11.6 Å². The lowest BCUT2D eigenvalue weighted by Crippen LogP contribution is -2.25. The average Bonchev–Trinajstić information content (AvgIpc) is 3.03. The van der Waals surface area contributed by atoms with E-state index >= 15 is 0 Å². The fourth-order valence-electron chi connectivity index (χ4n) is 2.68. The maximum atomic E-state index is 13.6. The van der Waals surface area contributed by atoms with Crippen LogP contribution >= 0.6 is 11.8 Å². The zero-order valence-corrected chi connectivity index (χ0v) is 17.0. The summed E-state index contributed by atoms with van der Waals surface area (Å²) in [5.41, 5.74) is 2.64. The number of nitrogen functional groups attached to an aromatic ring is 1. The smallest absolute Gasteiger partial charge is 0.230 e. The second-order valence-corrected chi connectivity index (χ2v) is 7.48. The Balaban J connectivity index is 1.50. The highest BCUT2D eigenvalue weighted by molar-refractivity contribution is 7.99. The molecule has 1 amide bonds. The molecule has 3 N–H and O–H groups in total. The lowest BCUT2D eigenvalue weighted by atomic mass is 10.1. The summed E-state index contributed by atoms with van der Waals surface area (Å²) in [6, 6.07) is 12.2. The van der Waals surface area contributed by atoms with Gasteiger partial charge >= 0.3 is 0 Å². The molecule has 3 rings (SSSR count). The molecule has 0 bridgehead atoms. The van der Waals surface area contributed by atoms with E-state index in [1.165, 1.54) is 10.7 Å². The minimum atomic E-state index is -0.351. The van der Waals surface area contributed by atoms with Crippen LogP contribution in [0.5, 0.6) is 5.75 Å². The second-order valence-electron chi connectivity index (χ2n) is 6.54. The highest BCUT2D eigenvalue weighted by Gasteiger charge is 2.13. The van der Waals surface area contributed by atoms with Crippen molar-refractivity contribution in [3.05, 3.63) is 70.8 Å². The zero-order chi connectivity index (χ0) is 20.8. The molecule has 9 heteroatoms. The minimum absolute atomic E-state index is 0.0850. The predicted molar refractivity (Wildman–Crippen MR) is 109 cm³/mol. The van der Waals surface area contributed by atoms with E-state index in [1.54, 1.807) is 18.2 Å². The zero-order valence-electron chi connectivity index (χ0n) is 16.2. The summed E-state index contributed by atoms with van der Waals surface area (Å²) in [4.78, 5) is 12.0. The van der Waals surface area contributed by atoms with Crippen LogP contribution in [0.25, 0.3) is 0 Å². The molecule has 0 aliphatic carbocycles. The third kappa shape index (κ3) is 5.71. The van der Waals surface area contributed by atoms with Gasteiger partial charge in [-0.15, -0.1) is 10.2 Å². The number of carbonyl (C=O) groups is 1. The van der Waals surface area contributed by atoms with Crippen molar-refractivity contribution >= 4 is 17.7 Å². The summed E-state index contributed by atoms with van der Waals surface area (Å²) in [5.74, 6) is 6.66. The number of benzene rings is 2. The van der Waals surface area contributed by atoms with Gasteiger partial charge in [0, 0.05) is 12.1 Å². The van der Waals surface area contributed by atoms with Crippen molar-refractivity contribution in [3.63, 3.8) is 0 Å². The van der Waals surface area contributed by atoms with Crippen LogP contribution in [0, 0.1) is 19.7 Å². The summed E-state index contributed by atoms with van der Waals surface area (Å²) < 4.78 is 20.6. The Kier molecular flexibility index (Phi) is 6.71. The lowest BCUT2D eigenvalue weighted by molar-refractivity contribution is -0.118. The van der Waals surface area contributed by atoms with E-state index in [2.05, 4.69) is 21.6 Å². The van der Waals surface area contributed by atoms with E-state index < -0.39 is 0 Å². The standard InChI is InChI=1S/C20H22FN5O2S/c1-13-7-14(2)9-16(8-13)28-11-18-24-25-20(26(18)22)29-12-19(27)23-10-15-5-3-4-6-17(15)21/h3-9H,10-12,22H2,1-2H3,(H,23,27). The number of hydrogen-bond acceptors (Lipinski definition) is 6. The van der Waals surface area contributed by atoms with Crippen molar-refractivity contribution in [2.24, 2.45) is 0 Å². The van der Waals surface area contributed by atoms with Crippen molar-refractivity contribution in [3.8, 4) is 5.75 Å². The number of amides is 1. The molecule has 0 saturated carbocycles. The Labute approximate surface area is 172 Å². The average molecular weight is 415 g/mol. The van der Waals surface area contributed by atoms with Crippen molar-refractivity contribution in [2.45, 2.75) is 32.2 Å². The molecule has 0 spiro atoms. The molecule has 0 radical (unpaired) electrons. The van der Waals surface area contributed by atoms with Crippen molar-refractivity contribution in [1.82, 2.24) is 20.2 Å². The van der Waals surface area contributed by atoms with Crippen LogP contribution in [-0.4, -0.2) is 26.5 Å². The molecule has 7 nitrogen and oxygen atoms in total. The SMILES string of the molecule is Cc1cc(C)cc(OCc2nnc(SCC(=O)NCc3ccccc3F)n2N)c1. The van der Waals surface area contributed by atoms with E-state index in [0.717, 1.165) is 28.6 Å². The van der Waals surface area contributed by atoms with E-state index in [-0.39, 0.29) is 30.6 Å². The first-order valence-corrected chi connectivity index (χ1v) is 9.94. The Bertz CT molecular complexity index is 988. The van der Waals surface area contributed by atoms with Crippen molar-refractivity contribution < 1.29 is 13.9 Å². The molecular weight excluding hydrogens is 393 g/mol. The Morgan fingerprint density at radius 3 is 2.66 bits per heavy atom. The largest absolute Gasteiger partial charge is 0.486 e. The van der Waals surface area contributed by atoms with Gasteiger partial charge in [-0.05, 0) is 43.2 Å². The van der Waals surface area contributed by atoms with Gasteiger partial charge in [0.25, 0.3) is 0 Å². The predicted octanol–water partition coefficient (Wildman–Crippen LogP) is 2.74. The van der Waals surface area contributed by atoms with Gasteiger partial charge in [0.2, 0.25) is 11.1 Å². The van der Waals surface area contributed by atoms with E-state index in [1.807, 2.05) is 26.0 Å². The Hall–Kier alpha value is -3.07. The Morgan fingerprint density at radius 2 is 1.93 bits per heavy atom. The quantitative estimate of drug-likeness (QED) is 0.434. The van der Waals surface area contributed by atoms with Crippen LogP contribution in [0.3, 0.4) is 0 Å². The highest BCUT2D eigenvalue weighted by atomic mass is 32.2. The number of thioether (sulfide) groups is 1. The summed E-state index contributed by atoms with van der Waals surface area (Å²) >= 11 is 1.14. The second kappa shape index (κ2) is 9.42. The maximum absolute atomic E-state index is 13.6. The molecule has 0 unspecified atom stereocenters. The molecule has 0 aliphatic heterocycles. The molecule has 1 aromatic heterocycles. The molecule has 0 saturated heterocycles. The lowest BCUT2D eigenvalue weighted by Gasteiger charge is -2.08. The van der Waals surface area contributed by atoms with Crippen LogP contribution in [0.1, 0.15) is 22.5 Å². The van der Waals surface area contributed by atoms with Crippen LogP contribution in [0.15, 0.2) is 47.6 Å². The number of nitrogens with one attached hydrogen (secondary N) is 1. The molecular formula is C20H22FN5O2S. The number of rotatable bonds is 8. The van der Waals surface area contributed by atoms with Gasteiger partial charge in [-0.2, -0.15) is 0 Å². The Morgan fingerprint density at radius 1 is 1.21 bits per heavy atom. The normalized spacial score (nSPS) is 10.7. The number of ether oxygens (including phenoxy) is 1. The molecule has 0 fully saturated rings. The number of halogens is 1. The molecule has 3 aromatic rings. The van der Waals surface area contributed by atoms with Crippen LogP contribution in [0.4, 0.5) is 4.39 Å². The number of aromatic nitrogens is 3. The summed E-state index contributed by atoms with van der Waals surface area (Å²) in [7, 11) is 0. The van der Waals surface area contributed by atoms with E-state index in [0.29, 0.717) is 16.5 Å². The summed E-state index contributed by atoms with van der Waals surface area (Å²) in [6.07, 6.45) is 0. The molecule has 0 atom stereocenters. The summed E-state index contributed by atoms with van der Waals surface area (Å²) in [5, 5.41) is 11.1. The first kappa shape index (κ1) is 20.7. The highest BCUT2D eigenvalue weighted by Crippen LogP contribution is 2.19. The van der Waals surface area contributed by atoms with E-state index in [9.17, 15) is 9.18 Å². The first-order chi connectivity index (χ1) is 13.9. The van der Waals surface area contributed by atoms with Gasteiger partial charge in [-0.3, -0.25) is 4.79 Å². The van der Waals surface area contributed by atoms with Gasteiger partial charge in [0.05, 0.1) is 5.75 Å². The summed E-state index contributed by atoms with van der Waals surface area (Å²) in [6.45, 7) is 4.28. The first-order valence-electron chi connectivity index (χ1n) is 8.95. The van der Waals surface area contributed by atoms with E-state index in [4.69, 9.17) is 10.6 Å². The van der Waals surface area contributed by atoms with Gasteiger partial charge in [-0.1, -0.05) is 36.0 Å². The number of nitrogens with zero attached hydrogens (tertiary/aromatic N) is 3. The third-order valence-electron chi connectivity index (χ3n) is 4.06. The van der Waals surface area contributed by atoms with Gasteiger partial charge < -0.3 is 15.9 Å². The molecule has 0 aliphatic rings. The van der Waals surface area contributed by atoms with Gasteiger partial charge in [0.1, 0.15) is 18.2 Å². The van der Waals surface area contributed by atoms with Gasteiger partial charge in [-0.25, -0.2) is 9.07 Å². The fraction of sp³-hybridized carbons (Fsp3) is 0.250. The van der Waals surface area contributed by atoms with Crippen LogP contribution in [-0.2, 0) is 17.9 Å². The fourth-order valence-corrected chi connectivity index (χ4v) is 3.39. The molecule has 152 valence electrons. The third-order valence-corrected chi connectivity index (χ3v) is 5.01. The monoisotopic (exact) mass is 415 g/mol. The van der Waals surface area contributed by atoms with Crippen LogP contribution in [0.2, 0.25) is 0 Å². The maximum Gasteiger partial charge on any atom is 0.230 e. The topological polar surface area (TPSA) is 95.1 Å². The van der Waals surface area contributed by atoms with Gasteiger partial charge in [0.15, 0.2) is 5.82 Å². The molecule has 29 heavy (non-hydrogen) atoms. The van der Waals surface area contributed by atoms with Crippen molar-refractivity contribution in [1.29, 1.82) is 0 Å². The number of carbonyl (C=O) groups excluding carboxylic acids is 1. The molecule has 1 heterocycles. The number of nitrogens with two attached hydrogens (primary N) is 1. The number of aryl methyl sites for hydroxylation is 2. The van der Waals surface area contributed by atoms with Crippen LogP contribution < -0.4 is 15.9 Å². The minimum Gasteiger partial charge on any atom is -0.486 e. The number of hydrogen-bond donors (Lipinski definition) is 2.